The predicted octanol–water partition coefficient (Wildman–Crippen LogP) is 1.97. The average molecular weight is 327 g/mol. The molecule has 0 saturated carbocycles. The van der Waals surface area contributed by atoms with Gasteiger partial charge in [0, 0.05) is 23.3 Å². The van der Waals surface area contributed by atoms with Crippen molar-refractivity contribution in [2.45, 2.75) is 6.17 Å². The van der Waals surface area contributed by atoms with Gasteiger partial charge in [-0.1, -0.05) is 30.3 Å². The molecular formula is C16H13N3O5. The van der Waals surface area contributed by atoms with Crippen molar-refractivity contribution in [1.82, 2.24) is 9.96 Å². The summed E-state index contributed by atoms with van der Waals surface area (Å²) in [6.45, 7) is -0.308. The van der Waals surface area contributed by atoms with Crippen LogP contribution in [0.5, 0.6) is 0 Å². The first-order valence-electron chi connectivity index (χ1n) is 7.10. The minimum absolute atomic E-state index is 0.188. The lowest BCUT2D eigenvalue weighted by molar-refractivity contribution is -0.385. The van der Waals surface area contributed by atoms with E-state index in [-0.39, 0.29) is 17.8 Å². The fourth-order valence-electron chi connectivity index (χ4n) is 2.62. The molecule has 1 aliphatic rings. The third kappa shape index (κ3) is 2.70. The van der Waals surface area contributed by atoms with E-state index in [0.29, 0.717) is 10.6 Å². The molecular weight excluding hydrogens is 314 g/mol. The van der Waals surface area contributed by atoms with Crippen LogP contribution in [-0.4, -0.2) is 38.5 Å². The first-order valence-corrected chi connectivity index (χ1v) is 7.10. The number of benzene rings is 2. The van der Waals surface area contributed by atoms with Crippen molar-refractivity contribution in [2.24, 2.45) is 0 Å². The summed E-state index contributed by atoms with van der Waals surface area (Å²) in [4.78, 5) is 36.0. The molecule has 2 aromatic carbocycles. The van der Waals surface area contributed by atoms with Crippen molar-refractivity contribution in [3.05, 3.63) is 75.8 Å². The maximum Gasteiger partial charge on any atom is 0.269 e. The number of carbonyl (C=O) groups excluding carboxylic acids is 2. The molecule has 8 heteroatoms. The van der Waals surface area contributed by atoms with E-state index in [1.807, 2.05) is 0 Å². The van der Waals surface area contributed by atoms with Crippen molar-refractivity contribution in [3.63, 3.8) is 0 Å². The number of carbonyl (C=O) groups is 2. The number of hydroxylamine groups is 2. The highest BCUT2D eigenvalue weighted by molar-refractivity contribution is 5.98. The lowest BCUT2D eigenvalue weighted by atomic mass is 10.1. The van der Waals surface area contributed by atoms with Gasteiger partial charge >= 0.3 is 0 Å². The normalized spacial score (nSPS) is 17.2. The lowest BCUT2D eigenvalue weighted by Crippen LogP contribution is -2.34. The monoisotopic (exact) mass is 327 g/mol. The summed E-state index contributed by atoms with van der Waals surface area (Å²) in [7, 11) is 0. The zero-order valence-corrected chi connectivity index (χ0v) is 12.4. The molecule has 8 nitrogen and oxygen atoms in total. The number of nitro groups is 1. The summed E-state index contributed by atoms with van der Waals surface area (Å²) in [6, 6.07) is 13.8. The molecule has 0 unspecified atom stereocenters. The molecule has 2 aromatic rings. The first kappa shape index (κ1) is 15.6. The highest BCUT2D eigenvalue weighted by Crippen LogP contribution is 2.32. The fourth-order valence-corrected chi connectivity index (χ4v) is 2.62. The summed E-state index contributed by atoms with van der Waals surface area (Å²) in [5, 5.41) is 21.4. The molecule has 0 aliphatic carbocycles. The van der Waals surface area contributed by atoms with Crippen LogP contribution in [0.1, 0.15) is 22.1 Å². The van der Waals surface area contributed by atoms with Gasteiger partial charge in [-0.3, -0.25) is 24.9 Å². The average Bonchev–Trinajstić information content (AvgIpc) is 2.90. The molecule has 1 heterocycles. The van der Waals surface area contributed by atoms with E-state index in [1.54, 1.807) is 30.3 Å². The smallest absolute Gasteiger partial charge is 0.269 e. The van der Waals surface area contributed by atoms with Gasteiger partial charge in [0.2, 0.25) is 0 Å². The summed E-state index contributed by atoms with van der Waals surface area (Å²) in [6.07, 6.45) is -1.11. The van der Waals surface area contributed by atoms with Crippen molar-refractivity contribution in [1.29, 1.82) is 0 Å². The molecule has 1 fully saturated rings. The number of rotatable bonds is 3. The SMILES string of the molecule is O=C1CN(C(=O)c2ccccc2)[C@H](c2cccc([N+](=O)[O-])c2)N1O. The summed E-state index contributed by atoms with van der Waals surface area (Å²) in [5.41, 5.74) is 0.449. The summed E-state index contributed by atoms with van der Waals surface area (Å²) >= 11 is 0. The van der Waals surface area contributed by atoms with Gasteiger partial charge < -0.3 is 4.90 Å². The number of hydrogen-bond donors (Lipinski definition) is 1. The highest BCUT2D eigenvalue weighted by Gasteiger charge is 2.41. The Hall–Kier alpha value is -3.26. The lowest BCUT2D eigenvalue weighted by Gasteiger charge is -2.26. The Bertz CT molecular complexity index is 808. The molecule has 1 aliphatic heterocycles. The van der Waals surface area contributed by atoms with Crippen LogP contribution < -0.4 is 0 Å². The minimum atomic E-state index is -1.11. The van der Waals surface area contributed by atoms with Crippen LogP contribution in [0, 0.1) is 10.1 Å². The van der Waals surface area contributed by atoms with E-state index < -0.39 is 22.9 Å². The van der Waals surface area contributed by atoms with Gasteiger partial charge in [0.05, 0.1) is 4.92 Å². The molecule has 1 N–H and O–H groups in total. The van der Waals surface area contributed by atoms with Gasteiger partial charge in [-0.2, -0.15) is 5.06 Å². The Morgan fingerprint density at radius 1 is 1.17 bits per heavy atom. The van der Waals surface area contributed by atoms with Crippen LogP contribution in [0.25, 0.3) is 0 Å². The van der Waals surface area contributed by atoms with E-state index >= 15 is 0 Å². The van der Waals surface area contributed by atoms with Gasteiger partial charge in [-0.05, 0) is 12.1 Å². The molecule has 24 heavy (non-hydrogen) atoms. The molecule has 2 amide bonds. The molecule has 0 bridgehead atoms. The van der Waals surface area contributed by atoms with Crippen LogP contribution >= 0.6 is 0 Å². The molecule has 0 aromatic heterocycles. The standard InChI is InChI=1S/C16H13N3O5/c20-14-10-17(16(21)11-5-2-1-3-6-11)15(18(14)22)12-7-4-8-13(9-12)19(23)24/h1-9,15,22H,10H2/t15-/m0/s1. The Balaban J connectivity index is 2.00. The van der Waals surface area contributed by atoms with Crippen LogP contribution in [0.4, 0.5) is 5.69 Å². The van der Waals surface area contributed by atoms with Gasteiger partial charge in [0.25, 0.3) is 17.5 Å². The van der Waals surface area contributed by atoms with Gasteiger partial charge in [-0.15, -0.1) is 0 Å². The van der Waals surface area contributed by atoms with Gasteiger partial charge in [0.15, 0.2) is 6.17 Å². The van der Waals surface area contributed by atoms with Gasteiger partial charge in [-0.25, -0.2) is 0 Å². The zero-order valence-electron chi connectivity index (χ0n) is 12.4. The maximum atomic E-state index is 12.6. The third-order valence-corrected chi connectivity index (χ3v) is 3.75. The number of non-ortho nitro benzene ring substituents is 1. The number of nitro benzene ring substituents is 1. The Labute approximate surface area is 136 Å². The first-order chi connectivity index (χ1) is 11.5. The fraction of sp³-hybridized carbons (Fsp3) is 0.125. The molecule has 122 valence electrons. The topological polar surface area (TPSA) is 104 Å². The highest BCUT2D eigenvalue weighted by atomic mass is 16.6. The molecule has 1 saturated heterocycles. The second-order valence-corrected chi connectivity index (χ2v) is 5.26. The second-order valence-electron chi connectivity index (χ2n) is 5.26. The second kappa shape index (κ2) is 6.09. The zero-order chi connectivity index (χ0) is 17.3. The van der Waals surface area contributed by atoms with E-state index in [1.165, 1.54) is 29.2 Å². The molecule has 1 atom stereocenters. The van der Waals surface area contributed by atoms with Crippen LogP contribution in [0.3, 0.4) is 0 Å². The Morgan fingerprint density at radius 2 is 1.88 bits per heavy atom. The summed E-state index contributed by atoms with van der Waals surface area (Å²) < 4.78 is 0. The van der Waals surface area contributed by atoms with Crippen molar-refractivity contribution in [2.75, 3.05) is 6.54 Å². The number of hydrogen-bond acceptors (Lipinski definition) is 5. The molecule has 0 radical (unpaired) electrons. The van der Waals surface area contributed by atoms with Crippen LogP contribution in [0.2, 0.25) is 0 Å². The quantitative estimate of drug-likeness (QED) is 0.527. The van der Waals surface area contributed by atoms with Crippen LogP contribution in [0.15, 0.2) is 54.6 Å². The maximum absolute atomic E-state index is 12.6. The predicted molar refractivity (Wildman–Crippen MR) is 81.9 cm³/mol. The van der Waals surface area contributed by atoms with E-state index in [2.05, 4.69) is 0 Å². The number of amides is 2. The van der Waals surface area contributed by atoms with Gasteiger partial charge in [0.1, 0.15) is 6.54 Å². The van der Waals surface area contributed by atoms with Crippen molar-refractivity contribution >= 4 is 17.5 Å². The van der Waals surface area contributed by atoms with E-state index in [0.717, 1.165) is 0 Å². The Kier molecular flexibility index (Phi) is 3.97. The van der Waals surface area contributed by atoms with Crippen molar-refractivity contribution < 1.29 is 19.7 Å². The molecule has 0 spiro atoms. The largest absolute Gasteiger partial charge is 0.302 e. The molecule has 3 rings (SSSR count). The number of nitrogens with zero attached hydrogens (tertiary/aromatic N) is 3. The minimum Gasteiger partial charge on any atom is -0.302 e. The summed E-state index contributed by atoms with van der Waals surface area (Å²) in [5.74, 6) is -1.10. The third-order valence-electron chi connectivity index (χ3n) is 3.75. The van der Waals surface area contributed by atoms with E-state index in [4.69, 9.17) is 0 Å². The van der Waals surface area contributed by atoms with Crippen molar-refractivity contribution in [3.8, 4) is 0 Å². The van der Waals surface area contributed by atoms with Crippen LogP contribution in [-0.2, 0) is 4.79 Å². The Morgan fingerprint density at radius 3 is 2.54 bits per heavy atom. The van der Waals surface area contributed by atoms with E-state index in [9.17, 15) is 24.9 Å².